The lowest BCUT2D eigenvalue weighted by atomic mass is 10.2. The van der Waals surface area contributed by atoms with E-state index in [9.17, 15) is 14.9 Å². The minimum Gasteiger partial charge on any atom is -0.477 e. The number of nitrogens with zero attached hydrogens (tertiary/aromatic N) is 2. The van der Waals surface area contributed by atoms with Gasteiger partial charge in [-0.25, -0.2) is 9.78 Å². The van der Waals surface area contributed by atoms with Crippen molar-refractivity contribution in [2.75, 3.05) is 0 Å². The Morgan fingerprint density at radius 1 is 1.50 bits per heavy atom. The average molecular weight is 266 g/mol. The molecule has 2 aromatic rings. The molecule has 0 saturated carbocycles. The third-order valence-corrected chi connectivity index (χ3v) is 2.94. The van der Waals surface area contributed by atoms with Gasteiger partial charge >= 0.3 is 5.97 Å². The number of aromatic nitrogens is 1. The summed E-state index contributed by atoms with van der Waals surface area (Å²) in [5.41, 5.74) is -0.829. The Kier molecular flexibility index (Phi) is 3.28. The summed E-state index contributed by atoms with van der Waals surface area (Å²) in [4.78, 5) is 25.1. The van der Waals surface area contributed by atoms with Gasteiger partial charge in [0.05, 0.1) is 16.0 Å². The van der Waals surface area contributed by atoms with Crippen LogP contribution in [0.2, 0.25) is 0 Å². The molecule has 1 aromatic carbocycles. The second-order valence-electron chi connectivity index (χ2n) is 3.11. The molecule has 2 rings (SSSR count). The quantitative estimate of drug-likeness (QED) is 0.668. The number of carboxylic acid groups (broad SMARTS) is 1. The first-order chi connectivity index (χ1) is 8.59. The maximum Gasteiger partial charge on any atom is 0.342 e. The van der Waals surface area contributed by atoms with E-state index in [1.54, 1.807) is 0 Å². The first-order valence-electron chi connectivity index (χ1n) is 4.67. The van der Waals surface area contributed by atoms with Crippen LogP contribution in [-0.4, -0.2) is 21.0 Å². The van der Waals surface area contributed by atoms with Crippen LogP contribution < -0.4 is 0 Å². The third-order valence-electron chi connectivity index (χ3n) is 2.02. The Bertz CT molecular complexity index is 596. The number of benzene rings is 1. The summed E-state index contributed by atoms with van der Waals surface area (Å²) in [7, 11) is 0. The van der Waals surface area contributed by atoms with E-state index < -0.39 is 16.6 Å². The Morgan fingerprint density at radius 3 is 2.83 bits per heavy atom. The van der Waals surface area contributed by atoms with E-state index in [2.05, 4.69) is 4.98 Å². The summed E-state index contributed by atoms with van der Waals surface area (Å²) >= 11 is 0.898. The number of aromatic carboxylic acids is 1. The van der Waals surface area contributed by atoms with E-state index >= 15 is 0 Å². The molecule has 0 bridgehead atoms. The van der Waals surface area contributed by atoms with Crippen molar-refractivity contribution in [1.29, 1.82) is 0 Å². The lowest BCUT2D eigenvalue weighted by molar-refractivity contribution is -0.388. The highest BCUT2D eigenvalue weighted by molar-refractivity contribution is 7.99. The Hall–Kier alpha value is -2.35. The fourth-order valence-corrected chi connectivity index (χ4v) is 2.15. The molecule has 0 atom stereocenters. The summed E-state index contributed by atoms with van der Waals surface area (Å²) in [5, 5.41) is 20.1. The first-order valence-corrected chi connectivity index (χ1v) is 5.49. The highest BCUT2D eigenvalue weighted by Gasteiger charge is 2.25. The van der Waals surface area contributed by atoms with E-state index in [1.165, 1.54) is 30.7 Å². The van der Waals surface area contributed by atoms with Crippen LogP contribution in [0.1, 0.15) is 10.4 Å². The Morgan fingerprint density at radius 2 is 2.28 bits per heavy atom. The molecule has 0 radical (unpaired) electrons. The molecule has 0 aliphatic carbocycles. The zero-order chi connectivity index (χ0) is 13.1. The average Bonchev–Trinajstić information content (AvgIpc) is 2.81. The van der Waals surface area contributed by atoms with Gasteiger partial charge in [-0.2, -0.15) is 0 Å². The molecular weight excluding hydrogens is 260 g/mol. The van der Waals surface area contributed by atoms with Crippen LogP contribution in [0, 0.1) is 10.1 Å². The molecular formula is C10H6N2O5S. The number of carboxylic acids is 1. The van der Waals surface area contributed by atoms with E-state index in [1.807, 2.05) is 0 Å². The van der Waals surface area contributed by atoms with Gasteiger partial charge in [0.15, 0.2) is 0 Å². The van der Waals surface area contributed by atoms with E-state index in [-0.39, 0.29) is 15.7 Å². The number of nitro groups is 1. The summed E-state index contributed by atoms with van der Waals surface area (Å²) in [5.74, 6) is -1.35. The number of para-hydroxylation sites is 1. The van der Waals surface area contributed by atoms with Crippen LogP contribution in [-0.2, 0) is 0 Å². The molecule has 0 aliphatic rings. The molecule has 1 heterocycles. The van der Waals surface area contributed by atoms with Crippen molar-refractivity contribution in [2.24, 2.45) is 0 Å². The van der Waals surface area contributed by atoms with E-state index in [0.717, 1.165) is 11.8 Å². The van der Waals surface area contributed by atoms with Gasteiger partial charge in [0.1, 0.15) is 11.8 Å². The van der Waals surface area contributed by atoms with Crippen molar-refractivity contribution < 1.29 is 19.2 Å². The lowest BCUT2D eigenvalue weighted by Gasteiger charge is -2.02. The van der Waals surface area contributed by atoms with Crippen molar-refractivity contribution in [3.05, 3.63) is 46.3 Å². The van der Waals surface area contributed by atoms with Crippen molar-refractivity contribution >= 4 is 23.4 Å². The molecule has 8 heteroatoms. The largest absolute Gasteiger partial charge is 0.477 e. The summed E-state index contributed by atoms with van der Waals surface area (Å²) in [6.07, 6.45) is 2.73. The third kappa shape index (κ3) is 2.33. The summed E-state index contributed by atoms with van der Waals surface area (Å²) in [6, 6.07) is 4.06. The van der Waals surface area contributed by atoms with E-state index in [4.69, 9.17) is 9.52 Å². The van der Waals surface area contributed by atoms with Crippen molar-refractivity contribution in [2.45, 2.75) is 10.1 Å². The number of rotatable bonds is 4. The maximum atomic E-state index is 11.0. The smallest absolute Gasteiger partial charge is 0.342 e. The molecule has 0 spiro atoms. The second kappa shape index (κ2) is 4.88. The van der Waals surface area contributed by atoms with Gasteiger partial charge in [0.25, 0.3) is 10.9 Å². The molecule has 0 aliphatic heterocycles. The lowest BCUT2D eigenvalue weighted by Crippen LogP contribution is -2.03. The van der Waals surface area contributed by atoms with E-state index in [0.29, 0.717) is 0 Å². The fourth-order valence-electron chi connectivity index (χ4n) is 1.32. The highest BCUT2D eigenvalue weighted by Crippen LogP contribution is 2.36. The predicted molar refractivity (Wildman–Crippen MR) is 60.7 cm³/mol. The molecule has 18 heavy (non-hydrogen) atoms. The molecule has 0 amide bonds. The van der Waals surface area contributed by atoms with Gasteiger partial charge in [0, 0.05) is 0 Å². The standard InChI is InChI=1S/C10H6N2O5S/c13-9(14)6-2-1-3-7(8(6)12(15)16)18-10-11-4-5-17-10/h1-5H,(H,13,14). The van der Waals surface area contributed by atoms with Crippen molar-refractivity contribution in [1.82, 2.24) is 4.98 Å². The van der Waals surface area contributed by atoms with Crippen molar-refractivity contribution in [3.8, 4) is 0 Å². The molecule has 0 fully saturated rings. The van der Waals surface area contributed by atoms with Crippen LogP contribution in [0.25, 0.3) is 0 Å². The van der Waals surface area contributed by atoms with Crippen LogP contribution in [0.15, 0.2) is 45.2 Å². The maximum absolute atomic E-state index is 11.0. The van der Waals surface area contributed by atoms with Gasteiger partial charge in [-0.1, -0.05) is 6.07 Å². The zero-order valence-electron chi connectivity index (χ0n) is 8.77. The Labute approximate surface area is 105 Å². The number of carbonyl (C=O) groups is 1. The number of hydrogen-bond acceptors (Lipinski definition) is 6. The van der Waals surface area contributed by atoms with Crippen LogP contribution in [0.4, 0.5) is 5.69 Å². The van der Waals surface area contributed by atoms with Crippen LogP contribution in [0.3, 0.4) is 0 Å². The molecule has 0 saturated heterocycles. The van der Waals surface area contributed by atoms with Gasteiger partial charge in [-0.3, -0.25) is 10.1 Å². The van der Waals surface area contributed by atoms with Gasteiger partial charge in [0.2, 0.25) is 0 Å². The zero-order valence-corrected chi connectivity index (χ0v) is 9.59. The van der Waals surface area contributed by atoms with Crippen LogP contribution in [0.5, 0.6) is 0 Å². The van der Waals surface area contributed by atoms with Gasteiger partial charge < -0.3 is 9.52 Å². The van der Waals surface area contributed by atoms with Gasteiger partial charge in [-0.05, 0) is 23.9 Å². The number of hydrogen-bond donors (Lipinski definition) is 1. The molecule has 1 N–H and O–H groups in total. The molecule has 1 aromatic heterocycles. The second-order valence-corrected chi connectivity index (χ2v) is 4.11. The Balaban J connectivity index is 2.49. The first kappa shape index (κ1) is 12.1. The van der Waals surface area contributed by atoms with Crippen molar-refractivity contribution in [3.63, 3.8) is 0 Å². The molecule has 92 valence electrons. The topological polar surface area (TPSA) is 106 Å². The summed E-state index contributed by atoms with van der Waals surface area (Å²) in [6.45, 7) is 0. The number of oxazole rings is 1. The predicted octanol–water partition coefficient (Wildman–Crippen LogP) is 2.43. The fraction of sp³-hybridized carbons (Fsp3) is 0. The monoisotopic (exact) mass is 266 g/mol. The number of nitro benzene ring substituents is 1. The molecule has 7 nitrogen and oxygen atoms in total. The minimum absolute atomic E-state index is 0.169. The minimum atomic E-state index is -1.35. The SMILES string of the molecule is O=C(O)c1cccc(Sc2ncco2)c1[N+](=O)[O-]. The van der Waals surface area contributed by atoms with Gasteiger partial charge in [-0.15, -0.1) is 0 Å². The normalized spacial score (nSPS) is 10.2. The highest BCUT2D eigenvalue weighted by atomic mass is 32.2. The molecule has 0 unspecified atom stereocenters. The van der Waals surface area contributed by atoms with Crippen LogP contribution >= 0.6 is 11.8 Å². The summed E-state index contributed by atoms with van der Waals surface area (Å²) < 4.78 is 4.95.